The molecule has 0 saturated carbocycles. The van der Waals surface area contributed by atoms with Crippen LogP contribution in [0, 0.1) is 17.6 Å². The van der Waals surface area contributed by atoms with E-state index in [4.69, 9.17) is 0 Å². The number of halogens is 2. The van der Waals surface area contributed by atoms with Gasteiger partial charge in [-0.2, -0.15) is 0 Å². The molecular weight excluding hydrogens is 314 g/mol. The third-order valence-electron chi connectivity index (χ3n) is 4.15. The number of benzene rings is 1. The van der Waals surface area contributed by atoms with Gasteiger partial charge in [0.2, 0.25) is 11.8 Å². The van der Waals surface area contributed by atoms with Gasteiger partial charge < -0.3 is 10.2 Å². The van der Waals surface area contributed by atoms with E-state index >= 15 is 0 Å². The van der Waals surface area contributed by atoms with Gasteiger partial charge in [-0.1, -0.05) is 12.6 Å². The summed E-state index contributed by atoms with van der Waals surface area (Å²) >= 11 is 0. The molecule has 4 nitrogen and oxygen atoms in total. The second-order valence-corrected chi connectivity index (χ2v) is 5.97. The van der Waals surface area contributed by atoms with E-state index in [-0.39, 0.29) is 23.8 Å². The van der Waals surface area contributed by atoms with Crippen LogP contribution in [0.15, 0.2) is 36.4 Å². The molecule has 6 heteroatoms. The van der Waals surface area contributed by atoms with Crippen molar-refractivity contribution in [2.24, 2.45) is 5.92 Å². The van der Waals surface area contributed by atoms with Gasteiger partial charge >= 0.3 is 0 Å². The number of amides is 2. The summed E-state index contributed by atoms with van der Waals surface area (Å²) in [5.74, 6) is -2.08. The molecule has 0 radical (unpaired) electrons. The van der Waals surface area contributed by atoms with E-state index in [1.165, 1.54) is 18.2 Å². The van der Waals surface area contributed by atoms with Crippen molar-refractivity contribution in [1.29, 1.82) is 0 Å². The number of nitrogens with zero attached hydrogens (tertiary/aromatic N) is 1. The van der Waals surface area contributed by atoms with Gasteiger partial charge in [-0.15, -0.1) is 0 Å². The lowest BCUT2D eigenvalue weighted by atomic mass is 9.92. The van der Waals surface area contributed by atoms with Gasteiger partial charge in [-0.05, 0) is 43.7 Å². The Balaban J connectivity index is 1.91. The highest BCUT2D eigenvalue weighted by molar-refractivity contribution is 5.97. The summed E-state index contributed by atoms with van der Waals surface area (Å²) in [5.41, 5.74) is 0.812. The molecule has 1 aliphatic rings. The van der Waals surface area contributed by atoms with Gasteiger partial charge in [0, 0.05) is 30.6 Å². The first-order valence-electron chi connectivity index (χ1n) is 7.67. The lowest BCUT2D eigenvalue weighted by Crippen LogP contribution is -2.57. The summed E-state index contributed by atoms with van der Waals surface area (Å²) < 4.78 is 26.1. The van der Waals surface area contributed by atoms with Crippen LogP contribution in [-0.4, -0.2) is 35.8 Å². The van der Waals surface area contributed by atoms with Gasteiger partial charge in [0.25, 0.3) is 0 Å². The Kier molecular flexibility index (Phi) is 5.49. The van der Waals surface area contributed by atoms with Crippen molar-refractivity contribution in [3.63, 3.8) is 0 Å². The Morgan fingerprint density at radius 3 is 2.58 bits per heavy atom. The quantitative estimate of drug-likeness (QED) is 0.841. The Bertz CT molecular complexity index is 694. The van der Waals surface area contributed by atoms with E-state index in [1.807, 2.05) is 6.92 Å². The zero-order valence-electron chi connectivity index (χ0n) is 13.7. The van der Waals surface area contributed by atoms with Crippen molar-refractivity contribution in [3.8, 4) is 0 Å². The monoisotopic (exact) mass is 334 g/mol. The number of likely N-dealkylation sites (tertiary alicyclic amines) is 1. The van der Waals surface area contributed by atoms with Crippen LogP contribution < -0.4 is 5.32 Å². The van der Waals surface area contributed by atoms with Crippen LogP contribution >= 0.6 is 0 Å². The van der Waals surface area contributed by atoms with E-state index in [2.05, 4.69) is 11.9 Å². The molecule has 0 aliphatic carbocycles. The molecule has 1 aromatic carbocycles. The second-order valence-electron chi connectivity index (χ2n) is 5.97. The minimum absolute atomic E-state index is 0.0975. The molecule has 0 aromatic heterocycles. The topological polar surface area (TPSA) is 49.4 Å². The zero-order valence-corrected chi connectivity index (χ0v) is 13.7. The number of hydrogen-bond acceptors (Lipinski definition) is 2. The standard InChI is InChI=1S/C18H20F2N2O2/c1-4-17(23)22-9-14(10-22)12(3)21-18(24)11(2)7-13-5-6-15(19)16(20)8-13/h4-8,12,14H,1,9-10H2,2-3H3,(H,21,24)/b11-7+. The first-order valence-corrected chi connectivity index (χ1v) is 7.67. The molecule has 1 saturated heterocycles. The van der Waals surface area contributed by atoms with Crippen LogP contribution in [0.1, 0.15) is 19.4 Å². The summed E-state index contributed by atoms with van der Waals surface area (Å²) in [6.45, 7) is 8.09. The predicted octanol–water partition coefficient (Wildman–Crippen LogP) is 2.52. The maximum absolute atomic E-state index is 13.2. The second kappa shape index (κ2) is 7.38. The van der Waals surface area contributed by atoms with Crippen molar-refractivity contribution in [2.75, 3.05) is 13.1 Å². The summed E-state index contributed by atoms with van der Waals surface area (Å²) in [5, 5.41) is 2.87. The van der Waals surface area contributed by atoms with Crippen molar-refractivity contribution in [3.05, 3.63) is 53.6 Å². The number of nitrogens with one attached hydrogen (secondary N) is 1. The summed E-state index contributed by atoms with van der Waals surface area (Å²) in [6, 6.07) is 3.37. The molecule has 0 bridgehead atoms. The highest BCUT2D eigenvalue weighted by Crippen LogP contribution is 2.20. The van der Waals surface area contributed by atoms with Crippen LogP contribution in [0.25, 0.3) is 6.08 Å². The first-order chi connectivity index (χ1) is 11.3. The fourth-order valence-electron chi connectivity index (χ4n) is 2.49. The Morgan fingerprint density at radius 1 is 1.33 bits per heavy atom. The maximum Gasteiger partial charge on any atom is 0.247 e. The van der Waals surface area contributed by atoms with Crippen LogP contribution in [0.2, 0.25) is 0 Å². The lowest BCUT2D eigenvalue weighted by Gasteiger charge is -2.42. The van der Waals surface area contributed by atoms with Crippen molar-refractivity contribution in [2.45, 2.75) is 19.9 Å². The molecule has 128 valence electrons. The van der Waals surface area contributed by atoms with Gasteiger partial charge in [-0.25, -0.2) is 8.78 Å². The van der Waals surface area contributed by atoms with Gasteiger partial charge in [0.05, 0.1) is 0 Å². The molecule has 1 fully saturated rings. The summed E-state index contributed by atoms with van der Waals surface area (Å²) in [4.78, 5) is 25.2. The SMILES string of the molecule is C=CC(=O)N1CC(C(C)NC(=O)/C(C)=C/c2ccc(F)c(F)c2)C1. The molecule has 0 spiro atoms. The van der Waals surface area contributed by atoms with Crippen LogP contribution in [0.4, 0.5) is 8.78 Å². The smallest absolute Gasteiger partial charge is 0.247 e. The third kappa shape index (κ3) is 4.07. The molecule has 2 rings (SSSR count). The zero-order chi connectivity index (χ0) is 17.9. The molecule has 1 N–H and O–H groups in total. The molecule has 1 heterocycles. The van der Waals surface area contributed by atoms with E-state index in [1.54, 1.807) is 11.8 Å². The van der Waals surface area contributed by atoms with Crippen LogP contribution in [0.5, 0.6) is 0 Å². The third-order valence-corrected chi connectivity index (χ3v) is 4.15. The summed E-state index contributed by atoms with van der Waals surface area (Å²) in [7, 11) is 0. The number of carbonyl (C=O) groups is 2. The lowest BCUT2D eigenvalue weighted by molar-refractivity contribution is -0.132. The van der Waals surface area contributed by atoms with Gasteiger partial charge in [-0.3, -0.25) is 9.59 Å². The average molecular weight is 334 g/mol. The van der Waals surface area contributed by atoms with Crippen LogP contribution in [0.3, 0.4) is 0 Å². The van der Waals surface area contributed by atoms with E-state index < -0.39 is 11.6 Å². The highest BCUT2D eigenvalue weighted by Gasteiger charge is 2.33. The molecule has 1 aliphatic heterocycles. The van der Waals surface area contributed by atoms with Crippen molar-refractivity contribution >= 4 is 17.9 Å². The van der Waals surface area contributed by atoms with E-state index in [0.29, 0.717) is 24.2 Å². The minimum atomic E-state index is -0.952. The molecule has 24 heavy (non-hydrogen) atoms. The molecule has 1 unspecified atom stereocenters. The van der Waals surface area contributed by atoms with Crippen LogP contribution in [-0.2, 0) is 9.59 Å². The first kappa shape index (κ1) is 17.8. The molecule has 2 amide bonds. The highest BCUT2D eigenvalue weighted by atomic mass is 19.2. The molecule has 1 aromatic rings. The van der Waals surface area contributed by atoms with Gasteiger partial charge in [0.15, 0.2) is 11.6 Å². The largest absolute Gasteiger partial charge is 0.349 e. The Labute approximate surface area is 139 Å². The molecule has 1 atom stereocenters. The Morgan fingerprint density at radius 2 is 2.00 bits per heavy atom. The number of hydrogen-bond donors (Lipinski definition) is 1. The predicted molar refractivity (Wildman–Crippen MR) is 87.9 cm³/mol. The Hall–Kier alpha value is -2.50. The van der Waals surface area contributed by atoms with E-state index in [9.17, 15) is 18.4 Å². The minimum Gasteiger partial charge on any atom is -0.349 e. The number of rotatable bonds is 5. The number of carbonyl (C=O) groups excluding carboxylic acids is 2. The normalized spacial score (nSPS) is 16.3. The molecular formula is C18H20F2N2O2. The summed E-state index contributed by atoms with van der Waals surface area (Å²) in [6.07, 6.45) is 2.77. The maximum atomic E-state index is 13.2. The van der Waals surface area contributed by atoms with E-state index in [0.717, 1.165) is 12.1 Å². The van der Waals surface area contributed by atoms with Crippen molar-refractivity contribution in [1.82, 2.24) is 10.2 Å². The average Bonchev–Trinajstić information content (AvgIpc) is 2.49. The fourth-order valence-corrected chi connectivity index (χ4v) is 2.49. The fraction of sp³-hybridized carbons (Fsp3) is 0.333. The van der Waals surface area contributed by atoms with Gasteiger partial charge in [0.1, 0.15) is 0 Å². The van der Waals surface area contributed by atoms with Crippen molar-refractivity contribution < 1.29 is 18.4 Å².